The maximum atomic E-state index is 12.7. The van der Waals surface area contributed by atoms with Gasteiger partial charge >= 0.3 is 6.03 Å². The molecule has 0 radical (unpaired) electrons. The van der Waals surface area contributed by atoms with Crippen molar-refractivity contribution in [3.05, 3.63) is 28.2 Å². The van der Waals surface area contributed by atoms with E-state index in [1.165, 1.54) is 4.90 Å². The molecule has 21 heavy (non-hydrogen) atoms. The van der Waals surface area contributed by atoms with Crippen molar-refractivity contribution in [2.24, 2.45) is 0 Å². The molecule has 0 bridgehead atoms. The second-order valence-electron chi connectivity index (χ2n) is 5.82. The molecule has 1 saturated carbocycles. The Hall–Kier alpha value is -1.56. The summed E-state index contributed by atoms with van der Waals surface area (Å²) in [6.07, 6.45) is 4.61. The molecule has 112 valence electrons. The number of rotatable bonds is 2. The van der Waals surface area contributed by atoms with E-state index in [-0.39, 0.29) is 18.5 Å². The van der Waals surface area contributed by atoms with Gasteiger partial charge in [0.25, 0.3) is 5.91 Å². The van der Waals surface area contributed by atoms with Gasteiger partial charge in [-0.25, -0.2) is 4.79 Å². The summed E-state index contributed by atoms with van der Waals surface area (Å²) in [4.78, 5) is 26.2. The van der Waals surface area contributed by atoms with Crippen LogP contribution in [-0.2, 0) is 11.3 Å². The number of nitrogens with two attached hydrogens (primary N) is 1. The highest BCUT2D eigenvalue weighted by Crippen LogP contribution is 2.34. The zero-order valence-corrected chi connectivity index (χ0v) is 13.3. The van der Waals surface area contributed by atoms with E-state index in [9.17, 15) is 9.59 Å². The van der Waals surface area contributed by atoms with Crippen LogP contribution in [0.4, 0.5) is 10.5 Å². The maximum absolute atomic E-state index is 12.7. The van der Waals surface area contributed by atoms with Crippen molar-refractivity contribution in [1.82, 2.24) is 10.2 Å². The molecule has 0 atom stereocenters. The van der Waals surface area contributed by atoms with E-state index < -0.39 is 5.54 Å². The highest BCUT2D eigenvalue weighted by Gasteiger charge is 2.51. The van der Waals surface area contributed by atoms with Crippen LogP contribution in [0.3, 0.4) is 0 Å². The van der Waals surface area contributed by atoms with Crippen LogP contribution in [0.2, 0.25) is 0 Å². The summed E-state index contributed by atoms with van der Waals surface area (Å²) in [6.45, 7) is 0.271. The molecule has 5 nitrogen and oxygen atoms in total. The van der Waals surface area contributed by atoms with Gasteiger partial charge in [-0.2, -0.15) is 0 Å². The maximum Gasteiger partial charge on any atom is 0.325 e. The lowest BCUT2D eigenvalue weighted by Crippen LogP contribution is -2.48. The number of amides is 3. The Morgan fingerprint density at radius 1 is 1.24 bits per heavy atom. The van der Waals surface area contributed by atoms with Crippen LogP contribution in [0.5, 0.6) is 0 Å². The summed E-state index contributed by atoms with van der Waals surface area (Å²) in [5.74, 6) is -0.0871. The van der Waals surface area contributed by atoms with Crippen LogP contribution in [-0.4, -0.2) is 22.4 Å². The van der Waals surface area contributed by atoms with E-state index in [0.717, 1.165) is 42.1 Å². The summed E-state index contributed by atoms with van der Waals surface area (Å²) >= 11 is 3.43. The first kappa shape index (κ1) is 14.4. The normalized spacial score (nSPS) is 20.9. The monoisotopic (exact) mass is 351 g/mol. The molecule has 2 fully saturated rings. The smallest absolute Gasteiger partial charge is 0.325 e. The molecule has 6 heteroatoms. The second-order valence-corrected chi connectivity index (χ2v) is 6.67. The third-order valence-electron chi connectivity index (χ3n) is 4.36. The Morgan fingerprint density at radius 2 is 1.95 bits per heavy atom. The number of halogens is 1. The van der Waals surface area contributed by atoms with Gasteiger partial charge in [0.05, 0.1) is 6.54 Å². The van der Waals surface area contributed by atoms with Crippen molar-refractivity contribution in [2.75, 3.05) is 5.73 Å². The molecule has 1 aromatic carbocycles. The predicted octanol–water partition coefficient (Wildman–Crippen LogP) is 2.79. The number of carbonyl (C=O) groups is 2. The molecule has 1 aliphatic heterocycles. The van der Waals surface area contributed by atoms with E-state index in [1.807, 2.05) is 6.07 Å². The number of hydrogen-bond acceptors (Lipinski definition) is 3. The Balaban J connectivity index is 1.82. The van der Waals surface area contributed by atoms with E-state index >= 15 is 0 Å². The molecule has 2 aliphatic rings. The molecule has 1 spiro atoms. The van der Waals surface area contributed by atoms with E-state index in [2.05, 4.69) is 21.2 Å². The van der Waals surface area contributed by atoms with Crippen molar-refractivity contribution in [2.45, 2.75) is 44.2 Å². The quantitative estimate of drug-likeness (QED) is 0.635. The van der Waals surface area contributed by atoms with Gasteiger partial charge in [0.2, 0.25) is 0 Å². The van der Waals surface area contributed by atoms with Crippen LogP contribution < -0.4 is 11.1 Å². The molecule has 1 saturated heterocycles. The number of imide groups is 1. The Kier molecular flexibility index (Phi) is 3.65. The molecule has 1 aromatic rings. The van der Waals surface area contributed by atoms with Gasteiger partial charge in [-0.15, -0.1) is 0 Å². The lowest BCUT2D eigenvalue weighted by Gasteiger charge is -2.30. The van der Waals surface area contributed by atoms with Gasteiger partial charge in [-0.3, -0.25) is 9.69 Å². The lowest BCUT2D eigenvalue weighted by atomic mass is 9.82. The lowest BCUT2D eigenvalue weighted by molar-refractivity contribution is -0.132. The summed E-state index contributed by atoms with van der Waals surface area (Å²) < 4.78 is 0.813. The van der Waals surface area contributed by atoms with Crippen LogP contribution in [0.1, 0.15) is 37.7 Å². The average Bonchev–Trinajstić information content (AvgIpc) is 2.67. The number of nitrogen functional groups attached to an aromatic ring is 1. The topological polar surface area (TPSA) is 75.4 Å². The first-order valence-electron chi connectivity index (χ1n) is 7.20. The molecule has 1 aliphatic carbocycles. The zero-order valence-electron chi connectivity index (χ0n) is 11.7. The minimum atomic E-state index is -0.657. The van der Waals surface area contributed by atoms with E-state index in [4.69, 9.17) is 5.73 Å². The fraction of sp³-hybridized carbons (Fsp3) is 0.467. The highest BCUT2D eigenvalue weighted by molar-refractivity contribution is 9.10. The average molecular weight is 352 g/mol. The SMILES string of the molecule is Nc1ccc(CN2C(=O)NC3(CCCCC3)C2=O)c(Br)c1. The highest BCUT2D eigenvalue weighted by atomic mass is 79.9. The number of benzene rings is 1. The van der Waals surface area contributed by atoms with Crippen molar-refractivity contribution < 1.29 is 9.59 Å². The van der Waals surface area contributed by atoms with E-state index in [1.54, 1.807) is 12.1 Å². The molecular formula is C15H18BrN3O2. The number of carbonyl (C=O) groups excluding carboxylic acids is 2. The molecule has 1 heterocycles. The Morgan fingerprint density at radius 3 is 2.62 bits per heavy atom. The minimum Gasteiger partial charge on any atom is -0.399 e. The first-order chi connectivity index (χ1) is 10.0. The van der Waals surface area contributed by atoms with Gasteiger partial charge in [0, 0.05) is 10.2 Å². The van der Waals surface area contributed by atoms with Crippen LogP contribution in [0.15, 0.2) is 22.7 Å². The molecule has 3 rings (SSSR count). The van der Waals surface area contributed by atoms with Gasteiger partial charge in [0.15, 0.2) is 0 Å². The van der Waals surface area contributed by atoms with Gasteiger partial charge in [-0.05, 0) is 30.5 Å². The number of nitrogens with zero attached hydrogens (tertiary/aromatic N) is 1. The third-order valence-corrected chi connectivity index (χ3v) is 5.10. The first-order valence-corrected chi connectivity index (χ1v) is 7.99. The number of urea groups is 1. The largest absolute Gasteiger partial charge is 0.399 e. The summed E-state index contributed by atoms with van der Waals surface area (Å²) in [5, 5.41) is 2.92. The summed E-state index contributed by atoms with van der Waals surface area (Å²) in [7, 11) is 0. The fourth-order valence-corrected chi connectivity index (χ4v) is 3.70. The Labute approximate surface area is 132 Å². The molecule has 0 unspecified atom stereocenters. The van der Waals surface area contributed by atoms with Gasteiger partial charge in [-0.1, -0.05) is 41.3 Å². The van der Waals surface area contributed by atoms with Crippen LogP contribution in [0.25, 0.3) is 0 Å². The third kappa shape index (κ3) is 2.52. The van der Waals surface area contributed by atoms with Crippen LogP contribution in [0, 0.1) is 0 Å². The number of anilines is 1. The molecule has 3 amide bonds. The molecular weight excluding hydrogens is 334 g/mol. The predicted molar refractivity (Wildman–Crippen MR) is 83.5 cm³/mol. The van der Waals surface area contributed by atoms with Crippen molar-refractivity contribution in [1.29, 1.82) is 0 Å². The van der Waals surface area contributed by atoms with E-state index in [0.29, 0.717) is 5.69 Å². The fourth-order valence-electron chi connectivity index (χ4n) is 3.18. The second kappa shape index (κ2) is 5.33. The number of nitrogens with one attached hydrogen (secondary N) is 1. The van der Waals surface area contributed by atoms with Crippen LogP contribution >= 0.6 is 15.9 Å². The van der Waals surface area contributed by atoms with Crippen molar-refractivity contribution in [3.63, 3.8) is 0 Å². The Bertz CT molecular complexity index is 597. The number of hydrogen-bond donors (Lipinski definition) is 2. The van der Waals surface area contributed by atoms with Gasteiger partial charge < -0.3 is 11.1 Å². The van der Waals surface area contributed by atoms with Crippen molar-refractivity contribution in [3.8, 4) is 0 Å². The zero-order chi connectivity index (χ0) is 15.0. The summed E-state index contributed by atoms with van der Waals surface area (Å²) in [6, 6.07) is 5.11. The summed E-state index contributed by atoms with van der Waals surface area (Å²) in [5.41, 5.74) is 6.58. The molecule has 0 aromatic heterocycles. The van der Waals surface area contributed by atoms with Crippen molar-refractivity contribution >= 4 is 33.6 Å². The molecule has 3 N–H and O–H groups in total. The standard InChI is InChI=1S/C15H18BrN3O2/c16-12-8-11(17)5-4-10(12)9-19-13(20)15(18-14(19)21)6-2-1-3-7-15/h4-5,8H,1-3,6-7,9,17H2,(H,18,21). The van der Waals surface area contributed by atoms with Gasteiger partial charge in [0.1, 0.15) is 5.54 Å². The minimum absolute atomic E-state index is 0.0871.